The van der Waals surface area contributed by atoms with Crippen molar-refractivity contribution in [3.63, 3.8) is 0 Å². The number of anilines is 1. The highest BCUT2D eigenvalue weighted by Crippen LogP contribution is 2.46. The van der Waals surface area contributed by atoms with Crippen LogP contribution in [0.1, 0.15) is 19.8 Å². The van der Waals surface area contributed by atoms with Gasteiger partial charge in [-0.25, -0.2) is 0 Å². The summed E-state index contributed by atoms with van der Waals surface area (Å²) in [6.45, 7) is 2.03. The van der Waals surface area contributed by atoms with Crippen molar-refractivity contribution in [2.75, 3.05) is 5.32 Å². The Morgan fingerprint density at radius 3 is 2.89 bits per heavy atom. The lowest BCUT2D eigenvalue weighted by Crippen LogP contribution is -2.54. The van der Waals surface area contributed by atoms with Crippen molar-refractivity contribution in [1.82, 2.24) is 4.98 Å². The highest BCUT2D eigenvalue weighted by atomic mass is 16.4. The summed E-state index contributed by atoms with van der Waals surface area (Å²) < 4.78 is 0. The van der Waals surface area contributed by atoms with Gasteiger partial charge in [0.1, 0.15) is 5.41 Å². The van der Waals surface area contributed by atoms with Gasteiger partial charge in [-0.2, -0.15) is 0 Å². The van der Waals surface area contributed by atoms with Gasteiger partial charge in [-0.05, 0) is 30.9 Å². The molecular formula is C12H16N4O2. The third-order valence-corrected chi connectivity index (χ3v) is 3.35. The minimum Gasteiger partial charge on any atom is -0.409 e. The Morgan fingerprint density at radius 1 is 1.67 bits per heavy atom. The molecule has 6 nitrogen and oxygen atoms in total. The Kier molecular flexibility index (Phi) is 3.18. The molecule has 1 fully saturated rings. The molecule has 1 aliphatic rings. The third kappa shape index (κ3) is 2.01. The molecule has 96 valence electrons. The lowest BCUT2D eigenvalue weighted by Gasteiger charge is -2.43. The quantitative estimate of drug-likeness (QED) is 0.323. The van der Waals surface area contributed by atoms with Crippen molar-refractivity contribution in [1.29, 1.82) is 0 Å². The first-order valence-electron chi connectivity index (χ1n) is 5.78. The Bertz CT molecular complexity index is 466. The molecule has 1 amide bonds. The van der Waals surface area contributed by atoms with E-state index in [2.05, 4.69) is 15.5 Å². The van der Waals surface area contributed by atoms with Crippen LogP contribution in [0, 0.1) is 11.3 Å². The van der Waals surface area contributed by atoms with E-state index in [0.717, 1.165) is 0 Å². The molecule has 0 aliphatic heterocycles. The van der Waals surface area contributed by atoms with Crippen LogP contribution in [0.5, 0.6) is 0 Å². The Hall–Kier alpha value is -2.11. The van der Waals surface area contributed by atoms with Crippen LogP contribution in [-0.2, 0) is 4.79 Å². The molecule has 0 aromatic carbocycles. The highest BCUT2D eigenvalue weighted by molar-refractivity contribution is 6.12. The summed E-state index contributed by atoms with van der Waals surface area (Å²) in [4.78, 5) is 16.2. The summed E-state index contributed by atoms with van der Waals surface area (Å²) in [5.74, 6) is 0.121. The molecule has 0 radical (unpaired) electrons. The number of oxime groups is 1. The highest BCUT2D eigenvalue weighted by Gasteiger charge is 2.52. The van der Waals surface area contributed by atoms with Crippen LogP contribution in [0.4, 0.5) is 5.69 Å². The molecule has 2 rings (SSSR count). The van der Waals surface area contributed by atoms with Crippen molar-refractivity contribution in [3.8, 4) is 0 Å². The third-order valence-electron chi connectivity index (χ3n) is 3.35. The number of pyridine rings is 1. The molecule has 0 atom stereocenters. The van der Waals surface area contributed by atoms with E-state index < -0.39 is 5.41 Å². The Morgan fingerprint density at radius 2 is 2.39 bits per heavy atom. The van der Waals surface area contributed by atoms with Crippen LogP contribution < -0.4 is 11.1 Å². The number of aromatic nitrogens is 1. The number of rotatable bonds is 3. The number of carbonyl (C=O) groups excluding carboxylic acids is 1. The van der Waals surface area contributed by atoms with Gasteiger partial charge >= 0.3 is 0 Å². The fraction of sp³-hybridized carbons (Fsp3) is 0.417. The van der Waals surface area contributed by atoms with Gasteiger partial charge in [0.2, 0.25) is 5.91 Å². The first kappa shape index (κ1) is 12.3. The number of hydrogen-bond donors (Lipinski definition) is 3. The van der Waals surface area contributed by atoms with Crippen LogP contribution in [0.2, 0.25) is 0 Å². The molecule has 0 bridgehead atoms. The average Bonchev–Trinajstić information content (AvgIpc) is 2.34. The van der Waals surface area contributed by atoms with Gasteiger partial charge in [-0.1, -0.05) is 12.1 Å². The molecule has 4 N–H and O–H groups in total. The zero-order chi connectivity index (χ0) is 13.2. The van der Waals surface area contributed by atoms with E-state index in [9.17, 15) is 4.79 Å². The minimum absolute atomic E-state index is 0.0259. The predicted molar refractivity (Wildman–Crippen MR) is 67.1 cm³/mol. The summed E-state index contributed by atoms with van der Waals surface area (Å²) in [5.41, 5.74) is 5.37. The second-order valence-electron chi connectivity index (χ2n) is 4.78. The average molecular weight is 248 g/mol. The Balaban J connectivity index is 2.16. The number of carbonyl (C=O) groups is 1. The van der Waals surface area contributed by atoms with Gasteiger partial charge < -0.3 is 16.3 Å². The van der Waals surface area contributed by atoms with Crippen LogP contribution in [0.3, 0.4) is 0 Å². The molecule has 18 heavy (non-hydrogen) atoms. The second kappa shape index (κ2) is 4.64. The summed E-state index contributed by atoms with van der Waals surface area (Å²) in [7, 11) is 0. The molecule has 0 spiro atoms. The van der Waals surface area contributed by atoms with Crippen molar-refractivity contribution < 1.29 is 10.0 Å². The summed E-state index contributed by atoms with van der Waals surface area (Å²) in [5, 5.41) is 14.6. The molecular weight excluding hydrogens is 232 g/mol. The van der Waals surface area contributed by atoms with Crippen LogP contribution >= 0.6 is 0 Å². The molecule has 0 unspecified atom stereocenters. The molecule has 1 saturated carbocycles. The number of nitrogens with one attached hydrogen (secondary N) is 1. The van der Waals surface area contributed by atoms with Crippen molar-refractivity contribution >= 4 is 17.4 Å². The number of nitrogens with zero attached hydrogens (tertiary/aromatic N) is 2. The maximum atomic E-state index is 12.3. The predicted octanol–water partition coefficient (Wildman–Crippen LogP) is 1.18. The summed E-state index contributed by atoms with van der Waals surface area (Å²) in [6, 6.07) is 3.47. The van der Waals surface area contributed by atoms with E-state index in [1.807, 2.05) is 6.92 Å². The maximum Gasteiger partial charge on any atom is 0.238 e. The zero-order valence-corrected chi connectivity index (χ0v) is 10.1. The van der Waals surface area contributed by atoms with E-state index in [1.165, 1.54) is 0 Å². The normalized spacial score (nSPS) is 27.4. The van der Waals surface area contributed by atoms with E-state index in [1.54, 1.807) is 24.5 Å². The van der Waals surface area contributed by atoms with Gasteiger partial charge in [0.25, 0.3) is 0 Å². The number of nitrogens with two attached hydrogens (primary N) is 1. The van der Waals surface area contributed by atoms with E-state index in [-0.39, 0.29) is 11.7 Å². The second-order valence-corrected chi connectivity index (χ2v) is 4.78. The largest absolute Gasteiger partial charge is 0.409 e. The van der Waals surface area contributed by atoms with E-state index >= 15 is 0 Å². The monoisotopic (exact) mass is 248 g/mol. The van der Waals surface area contributed by atoms with Crippen LogP contribution in [0.25, 0.3) is 0 Å². The topological polar surface area (TPSA) is 101 Å². The van der Waals surface area contributed by atoms with Gasteiger partial charge in [0.15, 0.2) is 5.84 Å². The van der Waals surface area contributed by atoms with Gasteiger partial charge in [0.05, 0.1) is 11.9 Å². The van der Waals surface area contributed by atoms with Crippen LogP contribution in [-0.4, -0.2) is 21.9 Å². The fourth-order valence-corrected chi connectivity index (χ4v) is 2.42. The summed E-state index contributed by atoms with van der Waals surface area (Å²) >= 11 is 0. The Labute approximate surface area is 105 Å². The lowest BCUT2D eigenvalue weighted by molar-refractivity contribution is -0.127. The van der Waals surface area contributed by atoms with Gasteiger partial charge in [0, 0.05) is 6.20 Å². The first-order valence-corrected chi connectivity index (χ1v) is 5.78. The standard InChI is InChI=1S/C12H16N4O2/c1-8-5-12(6-8,10(13)16-18)11(17)15-9-3-2-4-14-7-9/h2-4,7-8,18H,5-6H2,1H3,(H2,13,16)(H,15,17). The molecule has 1 heterocycles. The number of amidine groups is 1. The minimum atomic E-state index is -0.885. The molecule has 1 aromatic rings. The molecule has 1 aliphatic carbocycles. The zero-order valence-electron chi connectivity index (χ0n) is 10.1. The smallest absolute Gasteiger partial charge is 0.238 e. The molecule has 0 saturated heterocycles. The maximum absolute atomic E-state index is 12.3. The van der Waals surface area contributed by atoms with Crippen LogP contribution in [0.15, 0.2) is 29.7 Å². The molecule has 6 heteroatoms. The summed E-state index contributed by atoms with van der Waals surface area (Å²) in [6.07, 6.45) is 4.37. The van der Waals surface area contributed by atoms with Gasteiger partial charge in [-0.3, -0.25) is 9.78 Å². The lowest BCUT2D eigenvalue weighted by atomic mass is 9.61. The first-order chi connectivity index (χ1) is 8.58. The fourth-order valence-electron chi connectivity index (χ4n) is 2.42. The SMILES string of the molecule is CC1CC(C(=O)Nc2cccnc2)(/C(N)=N/O)C1. The van der Waals surface area contributed by atoms with Crippen molar-refractivity contribution in [3.05, 3.63) is 24.5 Å². The van der Waals surface area contributed by atoms with Crippen molar-refractivity contribution in [2.24, 2.45) is 22.2 Å². The van der Waals surface area contributed by atoms with Crippen molar-refractivity contribution in [2.45, 2.75) is 19.8 Å². The van der Waals surface area contributed by atoms with E-state index in [0.29, 0.717) is 24.4 Å². The number of hydrogen-bond acceptors (Lipinski definition) is 4. The van der Waals surface area contributed by atoms with Gasteiger partial charge in [-0.15, -0.1) is 0 Å². The van der Waals surface area contributed by atoms with E-state index in [4.69, 9.17) is 10.9 Å². The molecule has 1 aromatic heterocycles. The number of amides is 1.